The van der Waals surface area contributed by atoms with E-state index >= 15 is 0 Å². The van der Waals surface area contributed by atoms with E-state index in [0.29, 0.717) is 29.3 Å². The molecule has 0 fully saturated rings. The number of benzene rings is 2. The summed E-state index contributed by atoms with van der Waals surface area (Å²) in [6.07, 6.45) is 0. The van der Waals surface area contributed by atoms with Gasteiger partial charge in [-0.2, -0.15) is 15.0 Å². The Bertz CT molecular complexity index is 1190. The van der Waals surface area contributed by atoms with Crippen LogP contribution in [0.25, 0.3) is 11.4 Å². The molecule has 0 spiro atoms. The monoisotopic (exact) mass is 450 g/mol. The molecule has 0 aliphatic carbocycles. The van der Waals surface area contributed by atoms with Crippen LogP contribution in [-0.2, 0) is 6.54 Å². The van der Waals surface area contributed by atoms with Crippen LogP contribution in [0.4, 0.5) is 16.3 Å². The number of rotatable bonds is 7. The van der Waals surface area contributed by atoms with Crippen LogP contribution >= 0.6 is 11.8 Å². The van der Waals surface area contributed by atoms with Crippen molar-refractivity contribution in [3.8, 4) is 11.4 Å². The second-order valence-electron chi connectivity index (χ2n) is 7.39. The standard InChI is InChI=1S/C22H23FN8S/c1-14(18-25-20(24)27-21(26-18)30(2)3)32-22-29-28-19(16-9-11-17(23)12-10-16)31(22)13-15-7-5-4-6-8-15/h4-12,14H,13H2,1-3H3,(H2,24,25,26,27). The number of hydrogen-bond acceptors (Lipinski definition) is 8. The van der Waals surface area contributed by atoms with Crippen LogP contribution in [0.5, 0.6) is 0 Å². The van der Waals surface area contributed by atoms with Crippen LogP contribution < -0.4 is 10.6 Å². The van der Waals surface area contributed by atoms with E-state index in [4.69, 9.17) is 5.73 Å². The molecule has 164 valence electrons. The Morgan fingerprint density at radius 3 is 2.41 bits per heavy atom. The molecule has 0 amide bonds. The highest BCUT2D eigenvalue weighted by Crippen LogP contribution is 2.35. The summed E-state index contributed by atoms with van der Waals surface area (Å²) in [5, 5.41) is 9.38. The molecule has 2 N–H and O–H groups in total. The van der Waals surface area contributed by atoms with E-state index in [1.54, 1.807) is 17.0 Å². The Labute approximate surface area is 189 Å². The molecule has 2 heterocycles. The summed E-state index contributed by atoms with van der Waals surface area (Å²) in [4.78, 5) is 14.8. The van der Waals surface area contributed by atoms with E-state index in [1.165, 1.54) is 23.9 Å². The molecular weight excluding hydrogens is 427 g/mol. The Morgan fingerprint density at radius 2 is 1.72 bits per heavy atom. The molecule has 0 saturated heterocycles. The van der Waals surface area contributed by atoms with Crippen molar-refractivity contribution in [2.24, 2.45) is 0 Å². The van der Waals surface area contributed by atoms with Crippen LogP contribution in [0.1, 0.15) is 23.6 Å². The number of hydrogen-bond donors (Lipinski definition) is 1. The first-order valence-electron chi connectivity index (χ1n) is 9.99. The molecule has 2 aromatic carbocycles. The van der Waals surface area contributed by atoms with Gasteiger partial charge < -0.3 is 10.6 Å². The summed E-state index contributed by atoms with van der Waals surface area (Å²) in [7, 11) is 3.70. The number of nitrogens with two attached hydrogens (primary N) is 1. The fourth-order valence-corrected chi connectivity index (χ4v) is 3.98. The lowest BCUT2D eigenvalue weighted by Gasteiger charge is -2.15. The van der Waals surface area contributed by atoms with Crippen LogP contribution in [0.2, 0.25) is 0 Å². The van der Waals surface area contributed by atoms with Crippen LogP contribution in [0.3, 0.4) is 0 Å². The van der Waals surface area contributed by atoms with Gasteiger partial charge >= 0.3 is 0 Å². The maximum Gasteiger partial charge on any atom is 0.229 e. The first kappa shape index (κ1) is 21.7. The minimum absolute atomic E-state index is 0.154. The predicted molar refractivity (Wildman–Crippen MR) is 124 cm³/mol. The van der Waals surface area contributed by atoms with Crippen LogP contribution in [0.15, 0.2) is 59.8 Å². The summed E-state index contributed by atoms with van der Waals surface area (Å²) >= 11 is 1.48. The summed E-state index contributed by atoms with van der Waals surface area (Å²) in [6, 6.07) is 16.3. The van der Waals surface area contributed by atoms with Gasteiger partial charge in [0.25, 0.3) is 0 Å². The Balaban J connectivity index is 1.70. The summed E-state index contributed by atoms with van der Waals surface area (Å²) in [5.41, 5.74) is 7.78. The van der Waals surface area contributed by atoms with Gasteiger partial charge in [0.15, 0.2) is 11.0 Å². The van der Waals surface area contributed by atoms with E-state index in [-0.39, 0.29) is 17.0 Å². The van der Waals surface area contributed by atoms with Gasteiger partial charge in [0, 0.05) is 19.7 Å². The maximum absolute atomic E-state index is 13.5. The van der Waals surface area contributed by atoms with Crippen molar-refractivity contribution < 1.29 is 4.39 Å². The molecule has 0 radical (unpaired) electrons. The predicted octanol–water partition coefficient (Wildman–Crippen LogP) is 3.82. The zero-order chi connectivity index (χ0) is 22.7. The lowest BCUT2D eigenvalue weighted by Crippen LogP contribution is -2.16. The lowest BCUT2D eigenvalue weighted by atomic mass is 10.2. The van der Waals surface area contributed by atoms with E-state index in [2.05, 4.69) is 25.1 Å². The largest absolute Gasteiger partial charge is 0.368 e. The Kier molecular flexibility index (Phi) is 6.31. The fraction of sp³-hybridized carbons (Fsp3) is 0.227. The van der Waals surface area contributed by atoms with Crippen molar-refractivity contribution in [3.05, 3.63) is 71.8 Å². The third-order valence-corrected chi connectivity index (χ3v) is 5.78. The third-order valence-electron chi connectivity index (χ3n) is 4.71. The topological polar surface area (TPSA) is 98.6 Å². The summed E-state index contributed by atoms with van der Waals surface area (Å²) < 4.78 is 15.5. The number of thioether (sulfide) groups is 1. The molecule has 2 aromatic heterocycles. The lowest BCUT2D eigenvalue weighted by molar-refractivity contribution is 0.628. The second-order valence-corrected chi connectivity index (χ2v) is 8.70. The molecule has 8 nitrogen and oxygen atoms in total. The van der Waals surface area contributed by atoms with E-state index in [1.807, 2.05) is 55.9 Å². The molecule has 0 aliphatic rings. The average molecular weight is 451 g/mol. The molecule has 4 aromatic rings. The van der Waals surface area contributed by atoms with Crippen molar-refractivity contribution in [1.82, 2.24) is 29.7 Å². The highest BCUT2D eigenvalue weighted by atomic mass is 32.2. The van der Waals surface area contributed by atoms with E-state index in [9.17, 15) is 4.39 Å². The first-order valence-corrected chi connectivity index (χ1v) is 10.9. The van der Waals surface area contributed by atoms with Crippen molar-refractivity contribution in [3.63, 3.8) is 0 Å². The number of anilines is 2. The van der Waals surface area contributed by atoms with Gasteiger partial charge in [-0.05, 0) is 36.8 Å². The van der Waals surface area contributed by atoms with Gasteiger partial charge in [0.05, 0.1) is 11.8 Å². The molecule has 0 aliphatic heterocycles. The normalized spacial score (nSPS) is 12.0. The molecule has 32 heavy (non-hydrogen) atoms. The molecule has 4 rings (SSSR count). The number of halogens is 1. The van der Waals surface area contributed by atoms with Crippen molar-refractivity contribution in [2.45, 2.75) is 23.9 Å². The van der Waals surface area contributed by atoms with Gasteiger partial charge in [-0.3, -0.25) is 4.57 Å². The fourth-order valence-electron chi connectivity index (χ4n) is 3.09. The number of nitrogen functional groups attached to an aromatic ring is 1. The van der Waals surface area contributed by atoms with E-state index < -0.39 is 0 Å². The third kappa shape index (κ3) is 4.86. The molecule has 1 unspecified atom stereocenters. The SMILES string of the molecule is CC(Sc1nnc(-c2ccc(F)cc2)n1Cc1ccccc1)c1nc(N)nc(N(C)C)n1. The smallest absolute Gasteiger partial charge is 0.229 e. The summed E-state index contributed by atoms with van der Waals surface area (Å²) in [6.45, 7) is 2.55. The van der Waals surface area contributed by atoms with Crippen LogP contribution in [-0.4, -0.2) is 43.8 Å². The highest BCUT2D eigenvalue weighted by molar-refractivity contribution is 7.99. The average Bonchev–Trinajstić information content (AvgIpc) is 3.16. The number of aromatic nitrogens is 6. The van der Waals surface area contributed by atoms with Gasteiger partial charge in [0.1, 0.15) is 11.6 Å². The van der Waals surface area contributed by atoms with Gasteiger partial charge in [0.2, 0.25) is 11.9 Å². The zero-order valence-corrected chi connectivity index (χ0v) is 18.8. The quantitative estimate of drug-likeness (QED) is 0.424. The molecular formula is C22H23FN8S. The second kappa shape index (κ2) is 9.31. The maximum atomic E-state index is 13.5. The van der Waals surface area contributed by atoms with Gasteiger partial charge in [-0.15, -0.1) is 10.2 Å². The Hall–Kier alpha value is -3.53. The molecule has 0 saturated carbocycles. The van der Waals surface area contributed by atoms with Crippen molar-refractivity contribution >= 4 is 23.7 Å². The van der Waals surface area contributed by atoms with E-state index in [0.717, 1.165) is 11.1 Å². The first-order chi connectivity index (χ1) is 15.4. The minimum Gasteiger partial charge on any atom is -0.368 e. The number of nitrogens with zero attached hydrogens (tertiary/aromatic N) is 7. The zero-order valence-electron chi connectivity index (χ0n) is 18.0. The highest BCUT2D eigenvalue weighted by Gasteiger charge is 2.21. The minimum atomic E-state index is -0.296. The molecule has 0 bridgehead atoms. The van der Waals surface area contributed by atoms with Crippen molar-refractivity contribution in [2.75, 3.05) is 24.7 Å². The molecule has 10 heteroatoms. The van der Waals surface area contributed by atoms with Crippen molar-refractivity contribution in [1.29, 1.82) is 0 Å². The van der Waals surface area contributed by atoms with Crippen LogP contribution in [0, 0.1) is 5.82 Å². The van der Waals surface area contributed by atoms with Gasteiger partial charge in [-0.1, -0.05) is 42.1 Å². The molecule has 1 atom stereocenters. The Morgan fingerprint density at radius 1 is 1.00 bits per heavy atom. The summed E-state index contributed by atoms with van der Waals surface area (Å²) in [5.74, 6) is 1.59. The van der Waals surface area contributed by atoms with Gasteiger partial charge in [-0.25, -0.2) is 4.39 Å².